The standard InChI is InChI=1S/C14H18BF3O3/c1-8-6-9(14(16,17)18)11(10(19)7-8)15-20-12(2,3)13(4,5)21-15/h6-7,19H,1-5H3. The lowest BCUT2D eigenvalue weighted by molar-refractivity contribution is -0.137. The third-order valence-electron chi connectivity index (χ3n) is 4.10. The van der Waals surface area contributed by atoms with Crippen LogP contribution in [0.2, 0.25) is 0 Å². The maximum atomic E-state index is 13.2. The van der Waals surface area contributed by atoms with E-state index in [1.54, 1.807) is 27.7 Å². The Morgan fingerprint density at radius 1 is 1.05 bits per heavy atom. The van der Waals surface area contributed by atoms with Gasteiger partial charge in [0.1, 0.15) is 5.75 Å². The molecule has 1 aliphatic rings. The Balaban J connectivity index is 2.56. The Labute approximate surface area is 122 Å². The van der Waals surface area contributed by atoms with Gasteiger partial charge in [-0.05, 0) is 52.3 Å². The molecule has 0 atom stereocenters. The van der Waals surface area contributed by atoms with Crippen molar-refractivity contribution in [1.29, 1.82) is 0 Å². The van der Waals surface area contributed by atoms with Crippen LogP contribution in [0, 0.1) is 6.92 Å². The van der Waals surface area contributed by atoms with E-state index < -0.39 is 35.8 Å². The van der Waals surface area contributed by atoms with Gasteiger partial charge in [-0.2, -0.15) is 13.2 Å². The van der Waals surface area contributed by atoms with E-state index in [2.05, 4.69) is 0 Å². The summed E-state index contributed by atoms with van der Waals surface area (Å²) in [6.07, 6.45) is -4.59. The molecule has 1 heterocycles. The maximum Gasteiger partial charge on any atom is 0.499 e. The number of rotatable bonds is 1. The number of aromatic hydroxyl groups is 1. The largest absolute Gasteiger partial charge is 0.508 e. The van der Waals surface area contributed by atoms with Crippen LogP contribution in [0.25, 0.3) is 0 Å². The number of alkyl halides is 3. The highest BCUT2D eigenvalue weighted by Gasteiger charge is 2.54. The number of hydrogen-bond donors (Lipinski definition) is 1. The Bertz CT molecular complexity index is 551. The van der Waals surface area contributed by atoms with Gasteiger partial charge in [0.05, 0.1) is 16.8 Å². The molecule has 1 N–H and O–H groups in total. The van der Waals surface area contributed by atoms with Crippen LogP contribution in [0.1, 0.15) is 38.8 Å². The minimum atomic E-state index is -4.59. The molecule has 1 saturated heterocycles. The molecule has 0 amide bonds. The van der Waals surface area contributed by atoms with E-state index in [4.69, 9.17) is 9.31 Å². The molecular weight excluding hydrogens is 284 g/mol. The van der Waals surface area contributed by atoms with E-state index in [9.17, 15) is 18.3 Å². The number of benzene rings is 1. The van der Waals surface area contributed by atoms with Crippen molar-refractivity contribution < 1.29 is 27.6 Å². The van der Waals surface area contributed by atoms with Gasteiger partial charge in [-0.15, -0.1) is 0 Å². The minimum Gasteiger partial charge on any atom is -0.508 e. The average molecular weight is 302 g/mol. The van der Waals surface area contributed by atoms with Crippen molar-refractivity contribution in [3.63, 3.8) is 0 Å². The van der Waals surface area contributed by atoms with Crippen LogP contribution in [0.15, 0.2) is 12.1 Å². The lowest BCUT2D eigenvalue weighted by Crippen LogP contribution is -2.41. The molecule has 116 valence electrons. The third kappa shape index (κ3) is 2.76. The van der Waals surface area contributed by atoms with E-state index in [1.165, 1.54) is 13.0 Å². The number of phenols is 1. The topological polar surface area (TPSA) is 38.7 Å². The summed E-state index contributed by atoms with van der Waals surface area (Å²) in [6, 6.07) is 2.26. The molecule has 3 nitrogen and oxygen atoms in total. The number of hydrogen-bond acceptors (Lipinski definition) is 3. The summed E-state index contributed by atoms with van der Waals surface area (Å²) in [7, 11) is -1.26. The smallest absolute Gasteiger partial charge is 0.499 e. The van der Waals surface area contributed by atoms with Gasteiger partial charge in [0.25, 0.3) is 0 Å². The number of phenolic OH excluding ortho intramolecular Hbond substituents is 1. The van der Waals surface area contributed by atoms with Gasteiger partial charge in [0, 0.05) is 5.46 Å². The average Bonchev–Trinajstić information content (AvgIpc) is 2.44. The van der Waals surface area contributed by atoms with Gasteiger partial charge in [0.15, 0.2) is 0 Å². The molecule has 0 unspecified atom stereocenters. The van der Waals surface area contributed by atoms with Gasteiger partial charge in [-0.25, -0.2) is 0 Å². The van der Waals surface area contributed by atoms with E-state index >= 15 is 0 Å². The molecular formula is C14H18BF3O3. The van der Waals surface area contributed by atoms with Gasteiger partial charge in [-0.3, -0.25) is 0 Å². The fraction of sp³-hybridized carbons (Fsp3) is 0.571. The lowest BCUT2D eigenvalue weighted by Gasteiger charge is -2.32. The first-order chi connectivity index (χ1) is 9.35. The van der Waals surface area contributed by atoms with Crippen LogP contribution in [-0.2, 0) is 15.5 Å². The first-order valence-electron chi connectivity index (χ1n) is 6.61. The molecule has 1 fully saturated rings. The Hall–Kier alpha value is -1.21. The van der Waals surface area contributed by atoms with Gasteiger partial charge in [-0.1, -0.05) is 0 Å². The summed E-state index contributed by atoms with van der Waals surface area (Å²) in [5, 5.41) is 9.98. The highest BCUT2D eigenvalue weighted by Crippen LogP contribution is 2.39. The van der Waals surface area contributed by atoms with Crippen molar-refractivity contribution in [2.24, 2.45) is 0 Å². The summed E-state index contributed by atoms with van der Waals surface area (Å²) in [5.41, 5.74) is -2.54. The van der Waals surface area contributed by atoms with Crippen LogP contribution < -0.4 is 5.46 Å². The first-order valence-corrected chi connectivity index (χ1v) is 6.61. The number of aryl methyl sites for hydroxylation is 1. The summed E-state index contributed by atoms with van der Waals surface area (Å²) in [4.78, 5) is 0. The van der Waals surface area contributed by atoms with Crippen molar-refractivity contribution in [2.75, 3.05) is 0 Å². The maximum absolute atomic E-state index is 13.2. The fourth-order valence-corrected chi connectivity index (χ4v) is 2.22. The van der Waals surface area contributed by atoms with Crippen molar-refractivity contribution in [3.05, 3.63) is 23.3 Å². The normalized spacial score (nSPS) is 20.9. The molecule has 1 aromatic carbocycles. The molecule has 1 aliphatic heterocycles. The Kier molecular flexibility index (Phi) is 3.58. The zero-order valence-corrected chi connectivity index (χ0v) is 12.6. The van der Waals surface area contributed by atoms with Crippen LogP contribution >= 0.6 is 0 Å². The van der Waals surface area contributed by atoms with E-state index in [0.717, 1.165) is 6.07 Å². The predicted molar refractivity (Wildman–Crippen MR) is 73.6 cm³/mol. The summed E-state index contributed by atoms with van der Waals surface area (Å²) in [6.45, 7) is 8.46. The zero-order valence-electron chi connectivity index (χ0n) is 12.6. The first kappa shape index (κ1) is 16.2. The van der Waals surface area contributed by atoms with E-state index in [1.807, 2.05) is 0 Å². The second kappa shape index (κ2) is 4.65. The van der Waals surface area contributed by atoms with Gasteiger partial charge < -0.3 is 14.4 Å². The van der Waals surface area contributed by atoms with Crippen molar-refractivity contribution in [1.82, 2.24) is 0 Å². The molecule has 0 saturated carbocycles. The molecule has 0 spiro atoms. The quantitative estimate of drug-likeness (QED) is 0.811. The van der Waals surface area contributed by atoms with Crippen molar-refractivity contribution >= 4 is 12.6 Å². The van der Waals surface area contributed by atoms with Crippen molar-refractivity contribution in [3.8, 4) is 5.75 Å². The minimum absolute atomic E-state index is 0.320. The summed E-state index contributed by atoms with van der Waals surface area (Å²) in [5.74, 6) is -0.471. The molecule has 7 heteroatoms. The molecule has 2 rings (SSSR count). The van der Waals surface area contributed by atoms with E-state index in [-0.39, 0.29) is 5.46 Å². The molecule has 0 aliphatic carbocycles. The van der Waals surface area contributed by atoms with E-state index in [0.29, 0.717) is 5.56 Å². The zero-order chi connectivity index (χ0) is 16.2. The van der Waals surface area contributed by atoms with Gasteiger partial charge in [0.2, 0.25) is 0 Å². The SMILES string of the molecule is Cc1cc(O)c(B2OC(C)(C)C(C)(C)O2)c(C(F)(F)F)c1. The van der Waals surface area contributed by atoms with Crippen LogP contribution in [0.5, 0.6) is 5.75 Å². The Morgan fingerprint density at radius 3 is 1.95 bits per heavy atom. The number of halogens is 3. The Morgan fingerprint density at radius 2 is 1.52 bits per heavy atom. The highest BCUT2D eigenvalue weighted by atomic mass is 19.4. The second-order valence-electron chi connectivity index (χ2n) is 6.33. The molecule has 0 aromatic heterocycles. The van der Waals surface area contributed by atoms with Crippen LogP contribution in [0.3, 0.4) is 0 Å². The summed E-state index contributed by atoms with van der Waals surface area (Å²) >= 11 is 0. The second-order valence-corrected chi connectivity index (χ2v) is 6.33. The van der Waals surface area contributed by atoms with Crippen LogP contribution in [-0.4, -0.2) is 23.4 Å². The van der Waals surface area contributed by atoms with Gasteiger partial charge >= 0.3 is 13.3 Å². The molecule has 0 radical (unpaired) electrons. The molecule has 21 heavy (non-hydrogen) atoms. The third-order valence-corrected chi connectivity index (χ3v) is 4.10. The monoisotopic (exact) mass is 302 g/mol. The molecule has 0 bridgehead atoms. The predicted octanol–water partition coefficient (Wildman–Crippen LogP) is 3.02. The lowest BCUT2D eigenvalue weighted by atomic mass is 9.74. The highest BCUT2D eigenvalue weighted by molar-refractivity contribution is 6.63. The van der Waals surface area contributed by atoms with Crippen LogP contribution in [0.4, 0.5) is 13.2 Å². The van der Waals surface area contributed by atoms with Crippen molar-refractivity contribution in [2.45, 2.75) is 52.0 Å². The molecule has 1 aromatic rings. The fourth-order valence-electron chi connectivity index (χ4n) is 2.22. The summed E-state index contributed by atoms with van der Waals surface area (Å²) < 4.78 is 50.9.